The Balaban J connectivity index is 1.35. The van der Waals surface area contributed by atoms with Crippen LogP contribution in [-0.4, -0.2) is 131 Å². The van der Waals surface area contributed by atoms with Gasteiger partial charge in [-0.25, -0.2) is 8.78 Å². The molecule has 4 heterocycles. The lowest BCUT2D eigenvalue weighted by Gasteiger charge is -2.36. The monoisotopic (exact) mass is 1080 g/mol. The van der Waals surface area contributed by atoms with E-state index in [0.717, 1.165) is 57.3 Å². The number of esters is 2. The average molecular weight is 1080 g/mol. The number of amides is 4. The standard InChI is InChI=1S/C60H80F2N8O8/c1-35(63-11)55(73)65-53(59(5,6)7)57(75)67-25-13-15-43(67)33-47-45-23-21-41(61)31-49(45)69(27-29-77-37(3)71)51(47)39-17-19-40(20-18-39)52-48(46-24-22-42(62)32-50(46)70(52)28-30-78-38(4)72)34-44-16-14-26-68(44)58(76)54(60(8,9)10)66-56(74)36(2)64-12/h17-24,31-32,35-36,43-44,53-54,63-64H,13-16,25-30,33-34H2,1-12H3,(H,65,73)(H,66,74)/t35-,36?,43-,44-,53+,54+/m0/s1. The lowest BCUT2D eigenvalue weighted by atomic mass is 9.85. The molecule has 6 atom stereocenters. The molecule has 3 aromatic carbocycles. The first kappa shape index (κ1) is 59.0. The number of ether oxygens (including phenoxy) is 2. The summed E-state index contributed by atoms with van der Waals surface area (Å²) in [6, 6.07) is 14.0. The number of fused-ring (bicyclic) bond motifs is 2. The maximum atomic E-state index is 15.4. The van der Waals surface area contributed by atoms with Crippen molar-refractivity contribution in [3.05, 3.63) is 83.4 Å². The van der Waals surface area contributed by atoms with Crippen molar-refractivity contribution in [2.45, 2.75) is 157 Å². The predicted molar refractivity (Wildman–Crippen MR) is 298 cm³/mol. The van der Waals surface area contributed by atoms with Gasteiger partial charge in [0.15, 0.2) is 0 Å². The Labute approximate surface area is 457 Å². The Bertz CT molecular complexity index is 2830. The number of nitrogens with one attached hydrogen (secondary N) is 4. The number of likely N-dealkylation sites (tertiary alicyclic amines) is 2. The third kappa shape index (κ3) is 13.1. The molecule has 78 heavy (non-hydrogen) atoms. The van der Waals surface area contributed by atoms with E-state index in [0.29, 0.717) is 49.8 Å². The minimum Gasteiger partial charge on any atom is -0.464 e. The Morgan fingerprint density at radius 1 is 0.590 bits per heavy atom. The molecule has 0 spiro atoms. The fourth-order valence-corrected chi connectivity index (χ4v) is 11.2. The zero-order valence-electron chi connectivity index (χ0n) is 47.5. The van der Waals surface area contributed by atoms with Crippen LogP contribution in [0.25, 0.3) is 44.3 Å². The van der Waals surface area contributed by atoms with E-state index in [-0.39, 0.29) is 62.0 Å². The highest BCUT2D eigenvalue weighted by Crippen LogP contribution is 2.42. The van der Waals surface area contributed by atoms with E-state index >= 15 is 8.78 Å². The number of hydrogen-bond acceptors (Lipinski definition) is 10. The number of benzene rings is 3. The molecule has 2 aromatic heterocycles. The first-order chi connectivity index (χ1) is 36.8. The molecule has 2 saturated heterocycles. The van der Waals surface area contributed by atoms with Gasteiger partial charge in [0.05, 0.1) is 47.6 Å². The Kier molecular flexibility index (Phi) is 18.6. The second-order valence-corrected chi connectivity index (χ2v) is 23.2. The van der Waals surface area contributed by atoms with Crippen molar-refractivity contribution in [2.24, 2.45) is 10.8 Å². The molecule has 2 aliphatic rings. The lowest BCUT2D eigenvalue weighted by Crippen LogP contribution is -2.58. The molecule has 0 aliphatic carbocycles. The Hall–Kier alpha value is -6.66. The molecule has 422 valence electrons. The number of hydrogen-bond donors (Lipinski definition) is 4. The van der Waals surface area contributed by atoms with Gasteiger partial charge in [-0.05, 0) is 136 Å². The van der Waals surface area contributed by atoms with Gasteiger partial charge in [0, 0.05) is 49.8 Å². The number of nitrogens with zero attached hydrogens (tertiary/aromatic N) is 4. The van der Waals surface area contributed by atoms with E-state index in [1.54, 1.807) is 40.1 Å². The third-order valence-corrected chi connectivity index (χ3v) is 15.6. The Morgan fingerprint density at radius 3 is 1.27 bits per heavy atom. The van der Waals surface area contributed by atoms with Gasteiger partial charge in [-0.1, -0.05) is 65.8 Å². The zero-order chi connectivity index (χ0) is 57.0. The second kappa shape index (κ2) is 24.6. The van der Waals surface area contributed by atoms with Gasteiger partial charge in [-0.3, -0.25) is 28.8 Å². The highest BCUT2D eigenvalue weighted by Gasteiger charge is 2.43. The largest absolute Gasteiger partial charge is 0.464 e. The van der Waals surface area contributed by atoms with Crippen molar-refractivity contribution in [1.82, 2.24) is 40.2 Å². The summed E-state index contributed by atoms with van der Waals surface area (Å²) in [5.41, 5.74) is 4.70. The third-order valence-electron chi connectivity index (χ3n) is 15.6. The smallest absolute Gasteiger partial charge is 0.302 e. The molecule has 7 rings (SSSR count). The fourth-order valence-electron chi connectivity index (χ4n) is 11.2. The molecule has 0 radical (unpaired) electrons. The summed E-state index contributed by atoms with van der Waals surface area (Å²) in [5, 5.41) is 13.5. The molecule has 4 amide bonds. The highest BCUT2D eigenvalue weighted by atomic mass is 19.1. The highest BCUT2D eigenvalue weighted by molar-refractivity contribution is 5.96. The number of aromatic nitrogens is 2. The fraction of sp³-hybridized carbons (Fsp3) is 0.533. The molecule has 4 N–H and O–H groups in total. The van der Waals surface area contributed by atoms with E-state index in [1.165, 1.54) is 38.1 Å². The summed E-state index contributed by atoms with van der Waals surface area (Å²) >= 11 is 0. The Morgan fingerprint density at radius 2 is 0.949 bits per heavy atom. The predicted octanol–water partition coefficient (Wildman–Crippen LogP) is 7.68. The van der Waals surface area contributed by atoms with Crippen molar-refractivity contribution >= 4 is 57.4 Å². The van der Waals surface area contributed by atoms with Crippen LogP contribution in [0.3, 0.4) is 0 Å². The van der Waals surface area contributed by atoms with E-state index in [4.69, 9.17) is 9.47 Å². The van der Waals surface area contributed by atoms with Crippen LogP contribution in [0, 0.1) is 22.5 Å². The van der Waals surface area contributed by atoms with Gasteiger partial charge < -0.3 is 49.7 Å². The molecule has 5 aromatic rings. The summed E-state index contributed by atoms with van der Waals surface area (Å²) < 4.78 is 45.8. The van der Waals surface area contributed by atoms with Crippen molar-refractivity contribution in [2.75, 3.05) is 40.4 Å². The minimum absolute atomic E-state index is 0.00712. The zero-order valence-corrected chi connectivity index (χ0v) is 47.5. The number of rotatable bonds is 20. The number of carbonyl (C=O) groups is 6. The molecule has 18 heteroatoms. The molecule has 2 aliphatic heterocycles. The van der Waals surface area contributed by atoms with E-state index < -0.39 is 58.6 Å². The minimum atomic E-state index is -0.809. The van der Waals surface area contributed by atoms with Crippen molar-refractivity contribution < 1.29 is 47.0 Å². The number of halogens is 2. The topological polar surface area (TPSA) is 185 Å². The molecule has 2 fully saturated rings. The van der Waals surface area contributed by atoms with Gasteiger partial charge in [0.1, 0.15) is 36.9 Å². The van der Waals surface area contributed by atoms with Crippen molar-refractivity contribution in [3.8, 4) is 22.5 Å². The SMILES string of the molecule is CNC(C)C(=O)N[C@H](C(=O)N1CCC[C@H]1Cc1c(-c2ccc(-c3c(C[C@@H]4CCCN4C(=O)[C@@H](NC(=O)[C@H](C)NC)C(C)(C)C)c4ccc(F)cc4n3CCOC(C)=O)cc2)n(CCOC(C)=O)c2cc(F)ccc12)C(C)(C)C. The summed E-state index contributed by atoms with van der Waals surface area (Å²) in [7, 11) is 3.39. The maximum absolute atomic E-state index is 15.4. The number of carbonyl (C=O) groups excluding carboxylic acids is 6. The summed E-state index contributed by atoms with van der Waals surface area (Å²) in [5.74, 6) is -2.74. The first-order valence-corrected chi connectivity index (χ1v) is 27.4. The molecule has 1 unspecified atom stereocenters. The van der Waals surface area contributed by atoms with Gasteiger partial charge >= 0.3 is 11.9 Å². The normalized spacial score (nSPS) is 17.5. The maximum Gasteiger partial charge on any atom is 0.302 e. The number of likely N-dealkylation sites (N-methyl/N-ethyl adjacent to an activating group) is 2. The molecular weight excluding hydrogens is 999 g/mol. The van der Waals surface area contributed by atoms with Gasteiger partial charge in [0.25, 0.3) is 0 Å². The first-order valence-electron chi connectivity index (χ1n) is 27.4. The molecular formula is C60H80F2N8O8. The van der Waals surface area contributed by atoms with Crippen LogP contribution in [0.15, 0.2) is 60.7 Å². The van der Waals surface area contributed by atoms with E-state index in [2.05, 4.69) is 21.3 Å². The van der Waals surface area contributed by atoms with Crippen LogP contribution in [-0.2, 0) is 64.2 Å². The van der Waals surface area contributed by atoms with Gasteiger partial charge in [0.2, 0.25) is 23.6 Å². The van der Waals surface area contributed by atoms with Crippen molar-refractivity contribution in [3.63, 3.8) is 0 Å². The summed E-state index contributed by atoms with van der Waals surface area (Å²) in [6.45, 7) is 19.1. The molecule has 16 nitrogen and oxygen atoms in total. The molecule has 0 saturated carbocycles. The summed E-state index contributed by atoms with van der Waals surface area (Å²) in [4.78, 5) is 84.0. The molecule has 0 bridgehead atoms. The van der Waals surface area contributed by atoms with Crippen molar-refractivity contribution in [1.29, 1.82) is 0 Å². The summed E-state index contributed by atoms with van der Waals surface area (Å²) in [6.07, 6.45) is 3.66. The van der Waals surface area contributed by atoms with Gasteiger partial charge in [-0.15, -0.1) is 0 Å². The van der Waals surface area contributed by atoms with Gasteiger partial charge in [-0.2, -0.15) is 0 Å². The van der Waals surface area contributed by atoms with Crippen LogP contribution >= 0.6 is 0 Å². The van der Waals surface area contributed by atoms with Crippen LogP contribution in [0.5, 0.6) is 0 Å². The quantitative estimate of drug-likeness (QED) is 0.0564. The average Bonchev–Trinajstić information content (AvgIpc) is 4.32. The van der Waals surface area contributed by atoms with E-state index in [1.807, 2.05) is 84.7 Å². The second-order valence-electron chi connectivity index (χ2n) is 23.2. The lowest BCUT2D eigenvalue weighted by molar-refractivity contribution is -0.142. The van der Waals surface area contributed by atoms with E-state index in [9.17, 15) is 28.8 Å². The van der Waals surface area contributed by atoms with Crippen LogP contribution in [0.2, 0.25) is 0 Å². The van der Waals surface area contributed by atoms with Crippen LogP contribution in [0.1, 0.15) is 106 Å². The van der Waals surface area contributed by atoms with Crippen LogP contribution < -0.4 is 21.3 Å². The van der Waals surface area contributed by atoms with Crippen LogP contribution in [0.4, 0.5) is 8.78 Å².